The Kier molecular flexibility index (Phi) is 7.77. The molecule has 1 aliphatic rings. The lowest BCUT2D eigenvalue weighted by atomic mass is 9.98. The number of carbonyl (C=O) groups excluding carboxylic acids is 2. The molecule has 3 N–H and O–H groups in total. The van der Waals surface area contributed by atoms with Crippen LogP contribution in [0.4, 0.5) is 9.93 Å². The second-order valence-corrected chi connectivity index (χ2v) is 9.26. The van der Waals surface area contributed by atoms with Gasteiger partial charge in [-0.05, 0) is 28.7 Å². The Morgan fingerprint density at radius 1 is 1.09 bits per heavy atom. The third-order valence-electron chi connectivity index (χ3n) is 5.95. The van der Waals surface area contributed by atoms with Crippen molar-refractivity contribution in [2.75, 3.05) is 11.9 Å². The maximum atomic E-state index is 12.5. The standard InChI is InChI=1S/C26H27N3O5S/c1-2-3-8-16(13-23(30)31)27-24(32)22-15-35-25(28-22)29-26(33)34-14-21-19-11-6-4-9-17(19)18-10-5-7-12-20(18)21/h4-7,9-12,15-16,21H,2-3,8,13-14H2,1H3,(H,27,32)(H,30,31)(H,28,29,33). The van der Waals surface area contributed by atoms with Gasteiger partial charge in [0.2, 0.25) is 0 Å². The van der Waals surface area contributed by atoms with Gasteiger partial charge in [-0.3, -0.25) is 14.9 Å². The maximum Gasteiger partial charge on any atom is 0.413 e. The fraction of sp³-hybridized carbons (Fsp3) is 0.308. The molecule has 1 unspecified atom stereocenters. The molecule has 0 saturated carbocycles. The summed E-state index contributed by atoms with van der Waals surface area (Å²) in [6.45, 7) is 2.17. The van der Waals surface area contributed by atoms with Gasteiger partial charge in [0.15, 0.2) is 5.13 Å². The zero-order chi connectivity index (χ0) is 24.8. The Morgan fingerprint density at radius 2 is 1.74 bits per heavy atom. The highest BCUT2D eigenvalue weighted by atomic mass is 32.1. The maximum absolute atomic E-state index is 12.5. The number of aliphatic carboxylic acids is 1. The molecule has 1 aromatic heterocycles. The average molecular weight is 494 g/mol. The number of hydrogen-bond donors (Lipinski definition) is 3. The molecule has 1 heterocycles. The predicted molar refractivity (Wildman–Crippen MR) is 134 cm³/mol. The molecule has 2 aromatic carbocycles. The van der Waals surface area contributed by atoms with Gasteiger partial charge in [-0.2, -0.15) is 0 Å². The topological polar surface area (TPSA) is 118 Å². The molecular weight excluding hydrogens is 466 g/mol. The molecule has 0 saturated heterocycles. The van der Waals surface area contributed by atoms with Crippen molar-refractivity contribution in [2.45, 2.75) is 44.6 Å². The second kappa shape index (κ2) is 11.1. The minimum absolute atomic E-state index is 0.0555. The van der Waals surface area contributed by atoms with E-state index in [1.54, 1.807) is 0 Å². The summed E-state index contributed by atoms with van der Waals surface area (Å²) < 4.78 is 5.52. The quantitative estimate of drug-likeness (QED) is 0.354. The van der Waals surface area contributed by atoms with Crippen molar-refractivity contribution in [3.8, 4) is 11.1 Å². The van der Waals surface area contributed by atoms with Crippen molar-refractivity contribution in [1.82, 2.24) is 10.3 Å². The first kappa shape index (κ1) is 24.4. The monoisotopic (exact) mass is 493 g/mol. The van der Waals surface area contributed by atoms with Crippen molar-refractivity contribution < 1.29 is 24.2 Å². The summed E-state index contributed by atoms with van der Waals surface area (Å²) in [5, 5.41) is 16.1. The molecule has 1 aliphatic carbocycles. The first-order valence-electron chi connectivity index (χ1n) is 11.6. The Morgan fingerprint density at radius 3 is 2.37 bits per heavy atom. The highest BCUT2D eigenvalue weighted by molar-refractivity contribution is 7.14. The SMILES string of the molecule is CCCCC(CC(=O)O)NC(=O)c1csc(NC(=O)OCC2c3ccccc3-c3ccccc32)n1. The summed E-state index contributed by atoms with van der Waals surface area (Å²) >= 11 is 1.10. The second-order valence-electron chi connectivity index (χ2n) is 8.40. The van der Waals surface area contributed by atoms with E-state index < -0.39 is 24.0 Å². The van der Waals surface area contributed by atoms with E-state index in [1.165, 1.54) is 5.38 Å². The number of nitrogens with one attached hydrogen (secondary N) is 2. The zero-order valence-electron chi connectivity index (χ0n) is 19.3. The minimum atomic E-state index is -0.970. The number of carboxylic acids is 1. The molecule has 182 valence electrons. The molecule has 8 nitrogen and oxygen atoms in total. The predicted octanol–water partition coefficient (Wildman–Crippen LogP) is 5.27. The molecule has 1 atom stereocenters. The lowest BCUT2D eigenvalue weighted by Crippen LogP contribution is -2.36. The average Bonchev–Trinajstić information content (AvgIpc) is 3.43. The molecule has 3 aromatic rings. The van der Waals surface area contributed by atoms with E-state index >= 15 is 0 Å². The normalized spacial score (nSPS) is 12.9. The largest absolute Gasteiger partial charge is 0.481 e. The fourth-order valence-corrected chi connectivity index (χ4v) is 4.98. The molecule has 0 bridgehead atoms. The third-order valence-corrected chi connectivity index (χ3v) is 6.71. The van der Waals surface area contributed by atoms with E-state index in [2.05, 4.69) is 27.8 Å². The first-order chi connectivity index (χ1) is 17.0. The number of amides is 2. The number of unbranched alkanes of at least 4 members (excludes halogenated alkanes) is 1. The molecule has 0 radical (unpaired) electrons. The van der Waals surface area contributed by atoms with Crippen LogP contribution in [-0.4, -0.2) is 40.7 Å². The number of rotatable bonds is 10. The van der Waals surface area contributed by atoms with Crippen LogP contribution in [0.2, 0.25) is 0 Å². The van der Waals surface area contributed by atoms with Gasteiger partial charge in [-0.25, -0.2) is 9.78 Å². The van der Waals surface area contributed by atoms with Gasteiger partial charge in [0.05, 0.1) is 6.42 Å². The Balaban J connectivity index is 1.34. The van der Waals surface area contributed by atoms with Gasteiger partial charge >= 0.3 is 12.1 Å². The van der Waals surface area contributed by atoms with Crippen molar-refractivity contribution in [1.29, 1.82) is 0 Å². The highest BCUT2D eigenvalue weighted by Crippen LogP contribution is 2.44. The number of thiazole rings is 1. The smallest absolute Gasteiger partial charge is 0.413 e. The van der Waals surface area contributed by atoms with Gasteiger partial charge in [0, 0.05) is 17.3 Å². The number of carboxylic acid groups (broad SMARTS) is 1. The number of ether oxygens (including phenoxy) is 1. The van der Waals surface area contributed by atoms with E-state index in [0.717, 1.165) is 46.4 Å². The molecule has 0 aliphatic heterocycles. The summed E-state index contributed by atoms with van der Waals surface area (Å²) in [6.07, 6.45) is 1.48. The van der Waals surface area contributed by atoms with Crippen LogP contribution in [0.1, 0.15) is 60.1 Å². The summed E-state index contributed by atoms with van der Waals surface area (Å²) in [6, 6.07) is 15.7. The molecule has 9 heteroatoms. The van der Waals surface area contributed by atoms with Gasteiger partial charge in [0.25, 0.3) is 5.91 Å². The molecule has 0 spiro atoms. The summed E-state index contributed by atoms with van der Waals surface area (Å²) in [5.41, 5.74) is 4.65. The van der Waals surface area contributed by atoms with Crippen LogP contribution in [0.25, 0.3) is 11.1 Å². The number of hydrogen-bond acceptors (Lipinski definition) is 6. The fourth-order valence-electron chi connectivity index (χ4n) is 4.30. The number of benzene rings is 2. The highest BCUT2D eigenvalue weighted by Gasteiger charge is 2.29. The number of fused-ring (bicyclic) bond motifs is 3. The van der Waals surface area contributed by atoms with E-state index in [9.17, 15) is 14.4 Å². The molecule has 4 rings (SSSR count). The Labute approximate surface area is 207 Å². The molecular formula is C26H27N3O5S. The van der Waals surface area contributed by atoms with E-state index in [0.29, 0.717) is 6.42 Å². The molecule has 0 fully saturated rings. The van der Waals surface area contributed by atoms with Crippen LogP contribution < -0.4 is 10.6 Å². The van der Waals surface area contributed by atoms with Crippen LogP contribution >= 0.6 is 11.3 Å². The first-order valence-corrected chi connectivity index (χ1v) is 12.4. The number of nitrogens with zero attached hydrogens (tertiary/aromatic N) is 1. The molecule has 35 heavy (non-hydrogen) atoms. The van der Waals surface area contributed by atoms with Crippen molar-refractivity contribution in [3.63, 3.8) is 0 Å². The van der Waals surface area contributed by atoms with Crippen LogP contribution in [0.15, 0.2) is 53.9 Å². The van der Waals surface area contributed by atoms with Crippen LogP contribution in [0.3, 0.4) is 0 Å². The number of carbonyl (C=O) groups is 3. The number of aromatic nitrogens is 1. The van der Waals surface area contributed by atoms with Gasteiger partial charge < -0.3 is 15.2 Å². The van der Waals surface area contributed by atoms with E-state index in [1.807, 2.05) is 43.3 Å². The van der Waals surface area contributed by atoms with Crippen LogP contribution in [0.5, 0.6) is 0 Å². The van der Waals surface area contributed by atoms with Gasteiger partial charge in [-0.1, -0.05) is 68.3 Å². The zero-order valence-corrected chi connectivity index (χ0v) is 20.1. The molecule has 2 amide bonds. The lowest BCUT2D eigenvalue weighted by Gasteiger charge is -2.15. The summed E-state index contributed by atoms with van der Waals surface area (Å²) in [5.74, 6) is -1.49. The van der Waals surface area contributed by atoms with Crippen LogP contribution in [-0.2, 0) is 9.53 Å². The summed E-state index contributed by atoms with van der Waals surface area (Å²) in [4.78, 5) is 40.2. The third kappa shape index (κ3) is 5.86. The van der Waals surface area contributed by atoms with Crippen molar-refractivity contribution >= 4 is 34.4 Å². The van der Waals surface area contributed by atoms with Crippen molar-refractivity contribution in [2.24, 2.45) is 0 Å². The Hall–Kier alpha value is -3.72. The van der Waals surface area contributed by atoms with Gasteiger partial charge in [-0.15, -0.1) is 11.3 Å². The minimum Gasteiger partial charge on any atom is -0.481 e. The number of anilines is 1. The van der Waals surface area contributed by atoms with E-state index in [-0.39, 0.29) is 29.8 Å². The van der Waals surface area contributed by atoms with Crippen LogP contribution in [0, 0.1) is 0 Å². The van der Waals surface area contributed by atoms with E-state index in [4.69, 9.17) is 9.84 Å². The summed E-state index contributed by atoms with van der Waals surface area (Å²) in [7, 11) is 0. The lowest BCUT2D eigenvalue weighted by molar-refractivity contribution is -0.137. The van der Waals surface area contributed by atoms with Gasteiger partial charge in [0.1, 0.15) is 12.3 Å². The van der Waals surface area contributed by atoms with Crippen molar-refractivity contribution in [3.05, 3.63) is 70.7 Å². The Bertz CT molecular complexity index is 1180.